The van der Waals surface area contributed by atoms with Crippen LogP contribution in [0.1, 0.15) is 48.0 Å². The second-order valence-electron chi connectivity index (χ2n) is 5.30. The Morgan fingerprint density at radius 1 is 1.33 bits per heavy atom. The number of carbonyl (C=O) groups is 1. The minimum Gasteiger partial charge on any atom is -0.398 e. The van der Waals surface area contributed by atoms with Crippen molar-refractivity contribution in [1.82, 2.24) is 5.32 Å². The van der Waals surface area contributed by atoms with Crippen LogP contribution in [0.5, 0.6) is 0 Å². The van der Waals surface area contributed by atoms with Crippen LogP contribution in [0.25, 0.3) is 0 Å². The number of hydrogen-bond acceptors (Lipinski definition) is 2. The number of nitrogen functional groups attached to an aromatic ring is 1. The summed E-state index contributed by atoms with van der Waals surface area (Å²) in [6.45, 7) is 2.76. The van der Waals surface area contributed by atoms with Gasteiger partial charge < -0.3 is 11.1 Å². The maximum Gasteiger partial charge on any atom is 0.253 e. The lowest BCUT2D eigenvalue weighted by molar-refractivity contribution is 0.0944. The van der Waals surface area contributed by atoms with E-state index in [0.717, 1.165) is 12.1 Å². The molecule has 0 unspecified atom stereocenters. The number of nitrogens with two attached hydrogens (primary N) is 1. The third-order valence-electron chi connectivity index (χ3n) is 3.73. The molecule has 0 radical (unpaired) electrons. The molecule has 3 nitrogen and oxygen atoms in total. The fourth-order valence-electron chi connectivity index (χ4n) is 2.61. The molecule has 0 saturated heterocycles. The number of amides is 1. The smallest absolute Gasteiger partial charge is 0.253 e. The van der Waals surface area contributed by atoms with Crippen LogP contribution in [-0.4, -0.2) is 12.5 Å². The van der Waals surface area contributed by atoms with Crippen molar-refractivity contribution in [2.45, 2.75) is 39.0 Å². The Kier molecular flexibility index (Phi) is 4.24. The highest BCUT2D eigenvalue weighted by Crippen LogP contribution is 2.23. The molecule has 0 aliphatic heterocycles. The van der Waals surface area contributed by atoms with Gasteiger partial charge in [0.2, 0.25) is 0 Å². The van der Waals surface area contributed by atoms with Crippen LogP contribution in [0.4, 0.5) is 5.69 Å². The van der Waals surface area contributed by atoms with Crippen LogP contribution in [0, 0.1) is 12.8 Å². The molecule has 1 saturated carbocycles. The Labute approximate surface area is 109 Å². The van der Waals surface area contributed by atoms with E-state index in [0.29, 0.717) is 17.2 Å². The lowest BCUT2D eigenvalue weighted by atomic mass is 9.89. The molecule has 98 valence electrons. The molecule has 3 heteroatoms. The Morgan fingerprint density at radius 2 is 2.06 bits per heavy atom. The maximum atomic E-state index is 12.0. The first-order chi connectivity index (χ1) is 8.66. The van der Waals surface area contributed by atoms with E-state index < -0.39 is 0 Å². The standard InChI is InChI=1S/C15H22N2O/c1-11-7-8-13(14(16)9-11)15(18)17-10-12-5-3-2-4-6-12/h7-9,12H,2-6,10,16H2,1H3,(H,17,18). The Hall–Kier alpha value is -1.51. The van der Waals surface area contributed by atoms with Crippen molar-refractivity contribution in [3.8, 4) is 0 Å². The summed E-state index contributed by atoms with van der Waals surface area (Å²) in [7, 11) is 0. The van der Waals surface area contributed by atoms with E-state index in [4.69, 9.17) is 5.73 Å². The fraction of sp³-hybridized carbons (Fsp3) is 0.533. The molecule has 0 heterocycles. The molecule has 0 spiro atoms. The van der Waals surface area contributed by atoms with E-state index in [-0.39, 0.29) is 5.91 Å². The topological polar surface area (TPSA) is 55.1 Å². The monoisotopic (exact) mass is 246 g/mol. The normalized spacial score (nSPS) is 16.5. The van der Waals surface area contributed by atoms with Crippen LogP contribution < -0.4 is 11.1 Å². The molecule has 1 aliphatic rings. The van der Waals surface area contributed by atoms with Gasteiger partial charge >= 0.3 is 0 Å². The summed E-state index contributed by atoms with van der Waals surface area (Å²) in [5.74, 6) is 0.604. The van der Waals surface area contributed by atoms with Crippen molar-refractivity contribution in [2.24, 2.45) is 5.92 Å². The van der Waals surface area contributed by atoms with Crippen molar-refractivity contribution in [3.63, 3.8) is 0 Å². The number of rotatable bonds is 3. The van der Waals surface area contributed by atoms with Crippen molar-refractivity contribution in [2.75, 3.05) is 12.3 Å². The van der Waals surface area contributed by atoms with Crippen LogP contribution in [0.3, 0.4) is 0 Å². The molecule has 1 fully saturated rings. The quantitative estimate of drug-likeness (QED) is 0.806. The van der Waals surface area contributed by atoms with Gasteiger partial charge in [0, 0.05) is 12.2 Å². The molecule has 3 N–H and O–H groups in total. The van der Waals surface area contributed by atoms with E-state index in [2.05, 4.69) is 5.32 Å². The third-order valence-corrected chi connectivity index (χ3v) is 3.73. The highest BCUT2D eigenvalue weighted by Gasteiger charge is 2.15. The summed E-state index contributed by atoms with van der Waals surface area (Å²) < 4.78 is 0. The van der Waals surface area contributed by atoms with Gasteiger partial charge in [-0.3, -0.25) is 4.79 Å². The fourth-order valence-corrected chi connectivity index (χ4v) is 2.61. The van der Waals surface area contributed by atoms with Crippen LogP contribution >= 0.6 is 0 Å². The SMILES string of the molecule is Cc1ccc(C(=O)NCC2CCCCC2)c(N)c1. The summed E-state index contributed by atoms with van der Waals surface area (Å²) in [6, 6.07) is 5.57. The van der Waals surface area contributed by atoms with E-state index in [1.807, 2.05) is 19.1 Å². The zero-order chi connectivity index (χ0) is 13.0. The summed E-state index contributed by atoms with van der Waals surface area (Å²) >= 11 is 0. The number of hydrogen-bond donors (Lipinski definition) is 2. The Morgan fingerprint density at radius 3 is 2.72 bits per heavy atom. The van der Waals surface area contributed by atoms with Gasteiger partial charge in [-0.2, -0.15) is 0 Å². The van der Waals surface area contributed by atoms with Gasteiger partial charge in [0.1, 0.15) is 0 Å². The van der Waals surface area contributed by atoms with E-state index in [1.54, 1.807) is 6.07 Å². The van der Waals surface area contributed by atoms with Crippen LogP contribution in [0.15, 0.2) is 18.2 Å². The van der Waals surface area contributed by atoms with Gasteiger partial charge in [-0.15, -0.1) is 0 Å². The summed E-state index contributed by atoms with van der Waals surface area (Å²) in [4.78, 5) is 12.0. The molecule has 18 heavy (non-hydrogen) atoms. The van der Waals surface area contributed by atoms with Gasteiger partial charge in [0.05, 0.1) is 5.56 Å². The zero-order valence-electron chi connectivity index (χ0n) is 11.0. The maximum absolute atomic E-state index is 12.0. The number of aryl methyl sites for hydroxylation is 1. The number of anilines is 1. The van der Waals surface area contributed by atoms with Crippen molar-refractivity contribution in [3.05, 3.63) is 29.3 Å². The second-order valence-corrected chi connectivity index (χ2v) is 5.30. The number of benzene rings is 1. The van der Waals surface area contributed by atoms with Gasteiger partial charge in [-0.25, -0.2) is 0 Å². The van der Waals surface area contributed by atoms with Gasteiger partial charge in [0.25, 0.3) is 5.91 Å². The number of carbonyl (C=O) groups excluding carboxylic acids is 1. The lowest BCUT2D eigenvalue weighted by Crippen LogP contribution is -2.30. The molecule has 0 aromatic heterocycles. The van der Waals surface area contributed by atoms with Crippen molar-refractivity contribution >= 4 is 11.6 Å². The molecule has 1 aromatic rings. The minimum absolute atomic E-state index is 0.0435. The molecule has 1 aromatic carbocycles. The second kappa shape index (κ2) is 5.89. The highest BCUT2D eigenvalue weighted by molar-refractivity contribution is 5.99. The average Bonchev–Trinajstić information content (AvgIpc) is 2.37. The van der Waals surface area contributed by atoms with Crippen molar-refractivity contribution in [1.29, 1.82) is 0 Å². The Balaban J connectivity index is 1.90. The zero-order valence-corrected chi connectivity index (χ0v) is 11.0. The Bertz CT molecular complexity index is 423. The predicted octanol–water partition coefficient (Wildman–Crippen LogP) is 2.89. The molecule has 1 amide bonds. The van der Waals surface area contributed by atoms with Crippen LogP contribution in [0.2, 0.25) is 0 Å². The summed E-state index contributed by atoms with van der Waals surface area (Å²) in [5, 5.41) is 3.01. The van der Waals surface area contributed by atoms with Gasteiger partial charge in [0.15, 0.2) is 0 Å². The molecular weight excluding hydrogens is 224 g/mol. The minimum atomic E-state index is -0.0435. The molecular formula is C15H22N2O. The average molecular weight is 246 g/mol. The van der Waals surface area contributed by atoms with E-state index in [9.17, 15) is 4.79 Å². The molecule has 0 atom stereocenters. The van der Waals surface area contributed by atoms with Gasteiger partial charge in [-0.05, 0) is 43.4 Å². The highest BCUT2D eigenvalue weighted by atomic mass is 16.1. The first kappa shape index (κ1) is 12.9. The van der Waals surface area contributed by atoms with E-state index >= 15 is 0 Å². The number of nitrogens with one attached hydrogen (secondary N) is 1. The predicted molar refractivity (Wildman–Crippen MR) is 74.5 cm³/mol. The molecule has 0 bridgehead atoms. The largest absolute Gasteiger partial charge is 0.398 e. The van der Waals surface area contributed by atoms with Crippen molar-refractivity contribution < 1.29 is 4.79 Å². The molecule has 1 aliphatic carbocycles. The third kappa shape index (κ3) is 3.25. The van der Waals surface area contributed by atoms with Crippen LogP contribution in [-0.2, 0) is 0 Å². The first-order valence-electron chi connectivity index (χ1n) is 6.81. The van der Waals surface area contributed by atoms with Gasteiger partial charge in [-0.1, -0.05) is 25.3 Å². The summed E-state index contributed by atoms with van der Waals surface area (Å²) in [6.07, 6.45) is 6.42. The first-order valence-corrected chi connectivity index (χ1v) is 6.81. The van der Waals surface area contributed by atoms with E-state index in [1.165, 1.54) is 32.1 Å². The lowest BCUT2D eigenvalue weighted by Gasteiger charge is -2.21. The summed E-state index contributed by atoms with van der Waals surface area (Å²) in [5.41, 5.74) is 8.11. The molecule has 2 rings (SSSR count).